The summed E-state index contributed by atoms with van der Waals surface area (Å²) >= 11 is 1.59. The van der Waals surface area contributed by atoms with Gasteiger partial charge in [-0.1, -0.05) is 0 Å². The van der Waals surface area contributed by atoms with E-state index in [0.717, 1.165) is 5.75 Å². The van der Waals surface area contributed by atoms with Crippen molar-refractivity contribution < 1.29 is 24.2 Å². The third-order valence-electron chi connectivity index (χ3n) is 2.09. The number of urea groups is 1. The van der Waals surface area contributed by atoms with Crippen LogP contribution in [-0.2, 0) is 14.3 Å². The summed E-state index contributed by atoms with van der Waals surface area (Å²) in [6, 6.07) is -0.534. The van der Waals surface area contributed by atoms with E-state index in [0.29, 0.717) is 0 Å². The summed E-state index contributed by atoms with van der Waals surface area (Å²) in [4.78, 5) is 34.4. The molecule has 2 N–H and O–H groups in total. The minimum Gasteiger partial charge on any atom is -0.480 e. The van der Waals surface area contributed by atoms with Crippen molar-refractivity contribution in [3.05, 3.63) is 0 Å². The van der Waals surface area contributed by atoms with Gasteiger partial charge in [0.2, 0.25) is 0 Å². The lowest BCUT2D eigenvalue weighted by Crippen LogP contribution is -2.46. The monoisotopic (exact) mass is 278 g/mol. The van der Waals surface area contributed by atoms with Crippen LogP contribution >= 0.6 is 11.8 Å². The molecule has 0 aliphatic heterocycles. The van der Waals surface area contributed by atoms with Gasteiger partial charge >= 0.3 is 12.0 Å². The predicted octanol–water partition coefficient (Wildman–Crippen LogP) is 0.00710. The Morgan fingerprint density at radius 2 is 2.00 bits per heavy atom. The number of carboxylic acid groups (broad SMARTS) is 1. The molecule has 3 amide bonds. The topological polar surface area (TPSA) is 95.9 Å². The molecule has 0 aromatic carbocycles. The summed E-state index contributed by atoms with van der Waals surface area (Å²) in [7, 11) is 1.58. The summed E-state index contributed by atoms with van der Waals surface area (Å²) in [6.07, 6.45) is 1.92. The van der Waals surface area contributed by atoms with Crippen molar-refractivity contribution in [2.45, 2.75) is 13.0 Å². The first-order chi connectivity index (χ1) is 8.38. The van der Waals surface area contributed by atoms with Crippen molar-refractivity contribution in [2.75, 3.05) is 32.3 Å². The van der Waals surface area contributed by atoms with Crippen LogP contribution in [-0.4, -0.2) is 66.2 Å². The zero-order valence-electron chi connectivity index (χ0n) is 10.6. The molecule has 0 aromatic rings. The predicted molar refractivity (Wildman–Crippen MR) is 67.6 cm³/mol. The molecule has 7 nitrogen and oxygen atoms in total. The number of hydrogen-bond donors (Lipinski definition) is 2. The molecule has 0 spiro atoms. The molecule has 0 aromatic heterocycles. The number of aliphatic carboxylic acids is 1. The fourth-order valence-corrected chi connectivity index (χ4v) is 1.73. The Kier molecular flexibility index (Phi) is 8.14. The maximum atomic E-state index is 11.6. The lowest BCUT2D eigenvalue weighted by Gasteiger charge is -2.24. The fourth-order valence-electron chi connectivity index (χ4n) is 1.03. The average molecular weight is 278 g/mol. The van der Waals surface area contributed by atoms with Gasteiger partial charge in [-0.15, -0.1) is 0 Å². The highest BCUT2D eigenvalue weighted by Crippen LogP contribution is 2.03. The Labute approximate surface area is 110 Å². The van der Waals surface area contributed by atoms with Crippen LogP contribution in [0.4, 0.5) is 4.79 Å². The molecule has 0 fully saturated rings. The van der Waals surface area contributed by atoms with Crippen molar-refractivity contribution in [1.82, 2.24) is 10.2 Å². The van der Waals surface area contributed by atoms with E-state index < -0.39 is 31.1 Å². The van der Waals surface area contributed by atoms with Crippen molar-refractivity contribution in [3.63, 3.8) is 0 Å². The number of hydrogen-bond acceptors (Lipinski definition) is 5. The third kappa shape index (κ3) is 7.13. The third-order valence-corrected chi connectivity index (χ3v) is 2.91. The van der Waals surface area contributed by atoms with E-state index in [2.05, 4.69) is 10.1 Å². The van der Waals surface area contributed by atoms with Gasteiger partial charge in [0.1, 0.15) is 13.2 Å². The number of thioether (sulfide) groups is 1. The van der Waals surface area contributed by atoms with E-state index in [1.165, 1.54) is 4.90 Å². The van der Waals surface area contributed by atoms with E-state index in [1.54, 1.807) is 18.8 Å². The second-order valence-corrected chi connectivity index (χ2v) is 4.57. The number of nitrogens with one attached hydrogen (secondary N) is 1. The summed E-state index contributed by atoms with van der Waals surface area (Å²) < 4.78 is 4.56. The van der Waals surface area contributed by atoms with Crippen LogP contribution in [0.3, 0.4) is 0 Å². The number of carboxylic acids is 1. The molecule has 0 rings (SSSR count). The van der Waals surface area contributed by atoms with Gasteiger partial charge in [0.25, 0.3) is 5.91 Å². The van der Waals surface area contributed by atoms with E-state index in [1.807, 2.05) is 13.2 Å². The molecule has 18 heavy (non-hydrogen) atoms. The minimum absolute atomic E-state index is 0.00672. The highest BCUT2D eigenvalue weighted by molar-refractivity contribution is 7.98. The lowest BCUT2D eigenvalue weighted by atomic mass is 10.3. The quantitative estimate of drug-likeness (QED) is 0.681. The standard InChI is InChI=1S/C10H18N2O5S/c1-7(6-18-3)12(2)10(16)11-8(13)4-17-5-9(14)15/h7H,4-6H2,1-3H3,(H,14,15)(H,11,13,16). The fraction of sp³-hybridized carbons (Fsp3) is 0.700. The smallest absolute Gasteiger partial charge is 0.329 e. The first kappa shape index (κ1) is 16.7. The molecule has 0 aliphatic rings. The Morgan fingerprint density at radius 3 is 2.50 bits per heavy atom. The van der Waals surface area contributed by atoms with E-state index in [4.69, 9.17) is 5.11 Å². The van der Waals surface area contributed by atoms with Crippen LogP contribution in [0.25, 0.3) is 0 Å². The van der Waals surface area contributed by atoms with Crippen molar-refractivity contribution in [3.8, 4) is 0 Å². The number of nitrogens with zero attached hydrogens (tertiary/aromatic N) is 1. The number of imide groups is 1. The molecule has 0 saturated heterocycles. The molecule has 0 bridgehead atoms. The number of rotatable bonds is 7. The number of amides is 3. The zero-order chi connectivity index (χ0) is 14.1. The van der Waals surface area contributed by atoms with Crippen LogP contribution in [0, 0.1) is 0 Å². The van der Waals surface area contributed by atoms with E-state index in [-0.39, 0.29) is 6.04 Å². The second-order valence-electron chi connectivity index (χ2n) is 3.66. The molecule has 0 heterocycles. The van der Waals surface area contributed by atoms with Gasteiger partial charge in [0.05, 0.1) is 0 Å². The average Bonchev–Trinajstić information content (AvgIpc) is 2.27. The normalized spacial score (nSPS) is 11.7. The highest BCUT2D eigenvalue weighted by Gasteiger charge is 2.17. The van der Waals surface area contributed by atoms with Gasteiger partial charge in [-0.25, -0.2) is 9.59 Å². The van der Waals surface area contributed by atoms with Gasteiger partial charge in [-0.3, -0.25) is 10.1 Å². The summed E-state index contributed by atoms with van der Waals surface area (Å²) in [6.45, 7) is 0.838. The molecule has 1 unspecified atom stereocenters. The van der Waals surface area contributed by atoms with Crippen LogP contribution in [0.15, 0.2) is 0 Å². The minimum atomic E-state index is -1.17. The first-order valence-corrected chi connectivity index (χ1v) is 6.63. The molecule has 0 aliphatic carbocycles. The number of carbonyl (C=O) groups excluding carboxylic acids is 2. The molecule has 0 saturated carbocycles. The highest BCUT2D eigenvalue weighted by atomic mass is 32.2. The van der Waals surface area contributed by atoms with Gasteiger partial charge in [-0.05, 0) is 13.2 Å². The van der Waals surface area contributed by atoms with Gasteiger partial charge in [0, 0.05) is 18.8 Å². The Hall–Kier alpha value is -1.28. The Bertz CT molecular complexity index is 311. The van der Waals surface area contributed by atoms with Crippen LogP contribution in [0.1, 0.15) is 6.92 Å². The Balaban J connectivity index is 3.99. The summed E-state index contributed by atoms with van der Waals surface area (Å²) in [5.74, 6) is -1.07. The van der Waals surface area contributed by atoms with E-state index in [9.17, 15) is 14.4 Å². The summed E-state index contributed by atoms with van der Waals surface area (Å²) in [5.41, 5.74) is 0. The maximum Gasteiger partial charge on any atom is 0.329 e. The summed E-state index contributed by atoms with van der Waals surface area (Å²) in [5, 5.41) is 10.4. The lowest BCUT2D eigenvalue weighted by molar-refractivity contribution is -0.143. The van der Waals surface area contributed by atoms with Gasteiger partial charge in [0.15, 0.2) is 0 Å². The zero-order valence-corrected chi connectivity index (χ0v) is 11.5. The molecule has 104 valence electrons. The Morgan fingerprint density at radius 1 is 1.39 bits per heavy atom. The molecule has 0 radical (unpaired) electrons. The van der Waals surface area contributed by atoms with E-state index >= 15 is 0 Å². The SMILES string of the molecule is CSCC(C)N(C)C(=O)NC(=O)COCC(=O)O. The molecular formula is C10H18N2O5S. The van der Waals surface area contributed by atoms with Crippen molar-refractivity contribution >= 4 is 29.7 Å². The van der Waals surface area contributed by atoms with Crippen LogP contribution in [0.2, 0.25) is 0 Å². The molecular weight excluding hydrogens is 260 g/mol. The van der Waals surface area contributed by atoms with Gasteiger partial charge < -0.3 is 14.7 Å². The number of carbonyl (C=O) groups is 3. The molecule has 1 atom stereocenters. The van der Waals surface area contributed by atoms with Crippen molar-refractivity contribution in [2.24, 2.45) is 0 Å². The first-order valence-electron chi connectivity index (χ1n) is 5.23. The van der Waals surface area contributed by atoms with Gasteiger partial charge in [-0.2, -0.15) is 11.8 Å². The largest absolute Gasteiger partial charge is 0.480 e. The van der Waals surface area contributed by atoms with Crippen LogP contribution < -0.4 is 5.32 Å². The number of ether oxygens (including phenoxy) is 1. The second kappa shape index (κ2) is 8.76. The maximum absolute atomic E-state index is 11.6. The molecule has 8 heteroatoms. The van der Waals surface area contributed by atoms with Crippen molar-refractivity contribution in [1.29, 1.82) is 0 Å². The van der Waals surface area contributed by atoms with Crippen LogP contribution in [0.5, 0.6) is 0 Å².